The van der Waals surface area contributed by atoms with Gasteiger partial charge in [0.25, 0.3) is 0 Å². The molecular formula is C13H16BrNOS. The summed E-state index contributed by atoms with van der Waals surface area (Å²) < 4.78 is 0.986. The molecule has 92 valence electrons. The van der Waals surface area contributed by atoms with Crippen LogP contribution in [0.15, 0.2) is 22.7 Å². The summed E-state index contributed by atoms with van der Waals surface area (Å²) in [6.07, 6.45) is 0.529. The summed E-state index contributed by atoms with van der Waals surface area (Å²) in [5.74, 6) is 0.648. The predicted octanol–water partition coefficient (Wildman–Crippen LogP) is 3.61. The lowest BCUT2D eigenvalue weighted by atomic mass is 10.0. The van der Waals surface area contributed by atoms with E-state index in [-0.39, 0.29) is 11.2 Å². The standard InChI is InChI=1S/C13H16BrNOS/c1-8(2)9-3-4-12(11(14)5-9)15-7-10(17)6-13(15)16/h3-5,8,10,17H,6-7H2,1-2H3. The summed E-state index contributed by atoms with van der Waals surface area (Å²) in [5, 5.41) is 0.152. The van der Waals surface area contributed by atoms with Crippen LogP contribution in [0.25, 0.3) is 0 Å². The molecule has 1 heterocycles. The van der Waals surface area contributed by atoms with Crippen LogP contribution in [0.1, 0.15) is 31.7 Å². The molecule has 1 aliphatic rings. The molecule has 0 bridgehead atoms. The third-order valence-electron chi connectivity index (χ3n) is 3.03. The van der Waals surface area contributed by atoms with E-state index < -0.39 is 0 Å². The second-order valence-corrected chi connectivity index (χ2v) is 6.31. The maximum Gasteiger partial charge on any atom is 0.228 e. The van der Waals surface area contributed by atoms with E-state index in [1.54, 1.807) is 0 Å². The molecule has 4 heteroatoms. The van der Waals surface area contributed by atoms with Crippen LogP contribution < -0.4 is 4.90 Å². The van der Waals surface area contributed by atoms with E-state index in [0.717, 1.165) is 10.2 Å². The first-order valence-corrected chi connectivity index (χ1v) is 7.08. The van der Waals surface area contributed by atoms with E-state index in [1.165, 1.54) is 5.56 Å². The number of amides is 1. The van der Waals surface area contributed by atoms with Crippen molar-refractivity contribution in [1.29, 1.82) is 0 Å². The van der Waals surface area contributed by atoms with Crippen molar-refractivity contribution in [2.24, 2.45) is 0 Å². The Balaban J connectivity index is 2.31. The molecule has 2 nitrogen and oxygen atoms in total. The number of hydrogen-bond donors (Lipinski definition) is 1. The minimum absolute atomic E-state index is 0.152. The SMILES string of the molecule is CC(C)c1ccc(N2CC(S)CC2=O)c(Br)c1. The van der Waals surface area contributed by atoms with Crippen molar-refractivity contribution < 1.29 is 4.79 Å². The van der Waals surface area contributed by atoms with Crippen LogP contribution in [0.5, 0.6) is 0 Å². The van der Waals surface area contributed by atoms with Gasteiger partial charge >= 0.3 is 0 Å². The average molecular weight is 314 g/mol. The number of nitrogens with zero attached hydrogens (tertiary/aromatic N) is 1. The Morgan fingerprint density at radius 2 is 2.18 bits per heavy atom. The number of rotatable bonds is 2. The van der Waals surface area contributed by atoms with Gasteiger partial charge in [-0.3, -0.25) is 4.79 Å². The highest BCUT2D eigenvalue weighted by atomic mass is 79.9. The van der Waals surface area contributed by atoms with Crippen molar-refractivity contribution in [3.63, 3.8) is 0 Å². The fourth-order valence-electron chi connectivity index (χ4n) is 2.02. The van der Waals surface area contributed by atoms with Crippen molar-refractivity contribution in [3.05, 3.63) is 28.2 Å². The molecule has 0 spiro atoms. The highest BCUT2D eigenvalue weighted by Crippen LogP contribution is 2.33. The van der Waals surface area contributed by atoms with E-state index in [2.05, 4.69) is 54.5 Å². The van der Waals surface area contributed by atoms with Gasteiger partial charge in [0.05, 0.1) is 5.69 Å². The summed E-state index contributed by atoms with van der Waals surface area (Å²) >= 11 is 7.92. The first-order valence-electron chi connectivity index (χ1n) is 5.77. The van der Waals surface area contributed by atoms with E-state index in [9.17, 15) is 4.79 Å². The Morgan fingerprint density at radius 3 is 2.65 bits per heavy atom. The van der Waals surface area contributed by atoms with Crippen LogP contribution in [0, 0.1) is 0 Å². The van der Waals surface area contributed by atoms with E-state index in [0.29, 0.717) is 18.9 Å². The number of carbonyl (C=O) groups excluding carboxylic acids is 1. The maximum absolute atomic E-state index is 11.8. The Labute approximate surface area is 116 Å². The Kier molecular flexibility index (Phi) is 3.83. The first-order chi connectivity index (χ1) is 7.99. The number of hydrogen-bond acceptors (Lipinski definition) is 2. The molecule has 0 saturated carbocycles. The fourth-order valence-corrected chi connectivity index (χ4v) is 2.95. The summed E-state index contributed by atoms with van der Waals surface area (Å²) in [7, 11) is 0. The van der Waals surface area contributed by atoms with Gasteiger partial charge in [-0.1, -0.05) is 19.9 Å². The maximum atomic E-state index is 11.8. The molecule has 1 atom stereocenters. The minimum Gasteiger partial charge on any atom is -0.310 e. The monoisotopic (exact) mass is 313 g/mol. The highest BCUT2D eigenvalue weighted by molar-refractivity contribution is 9.10. The average Bonchev–Trinajstić information content (AvgIpc) is 2.57. The Hall–Kier alpha value is -0.480. The van der Waals surface area contributed by atoms with Gasteiger partial charge in [-0.05, 0) is 39.5 Å². The number of anilines is 1. The zero-order valence-electron chi connectivity index (χ0n) is 9.98. The van der Waals surface area contributed by atoms with Gasteiger partial charge in [0.1, 0.15) is 0 Å². The van der Waals surface area contributed by atoms with Crippen LogP contribution in [-0.2, 0) is 4.79 Å². The molecule has 1 aromatic rings. The lowest BCUT2D eigenvalue weighted by molar-refractivity contribution is -0.117. The van der Waals surface area contributed by atoms with E-state index >= 15 is 0 Å². The summed E-state index contributed by atoms with van der Waals surface area (Å²) in [6, 6.07) is 6.20. The van der Waals surface area contributed by atoms with Gasteiger partial charge in [0.15, 0.2) is 0 Å². The topological polar surface area (TPSA) is 20.3 Å². The lowest BCUT2D eigenvalue weighted by Crippen LogP contribution is -2.25. The Bertz CT molecular complexity index is 447. The zero-order valence-corrected chi connectivity index (χ0v) is 12.5. The van der Waals surface area contributed by atoms with Crippen LogP contribution in [0.4, 0.5) is 5.69 Å². The van der Waals surface area contributed by atoms with Gasteiger partial charge in [0, 0.05) is 22.7 Å². The molecule has 1 amide bonds. The molecule has 1 fully saturated rings. The number of carbonyl (C=O) groups is 1. The molecular weight excluding hydrogens is 298 g/mol. The van der Waals surface area contributed by atoms with Gasteiger partial charge in [-0.25, -0.2) is 0 Å². The molecule has 0 radical (unpaired) electrons. The molecule has 1 aliphatic heterocycles. The number of thiol groups is 1. The molecule has 1 saturated heterocycles. The minimum atomic E-state index is 0.152. The fraction of sp³-hybridized carbons (Fsp3) is 0.462. The normalized spacial score (nSPS) is 20.4. The smallest absolute Gasteiger partial charge is 0.228 e. The lowest BCUT2D eigenvalue weighted by Gasteiger charge is -2.19. The number of halogens is 1. The largest absolute Gasteiger partial charge is 0.310 e. The van der Waals surface area contributed by atoms with E-state index in [4.69, 9.17) is 0 Å². The second kappa shape index (κ2) is 5.02. The summed E-state index contributed by atoms with van der Waals surface area (Å²) in [6.45, 7) is 5.01. The van der Waals surface area contributed by atoms with Crippen molar-refractivity contribution in [3.8, 4) is 0 Å². The molecule has 2 rings (SSSR count). The molecule has 0 N–H and O–H groups in total. The molecule has 0 aromatic heterocycles. The molecule has 1 unspecified atom stereocenters. The van der Waals surface area contributed by atoms with Crippen molar-refractivity contribution in [1.82, 2.24) is 0 Å². The van der Waals surface area contributed by atoms with Crippen LogP contribution in [0.2, 0.25) is 0 Å². The predicted molar refractivity (Wildman–Crippen MR) is 78.0 cm³/mol. The van der Waals surface area contributed by atoms with Crippen molar-refractivity contribution >= 4 is 40.2 Å². The Morgan fingerprint density at radius 1 is 1.47 bits per heavy atom. The zero-order chi connectivity index (χ0) is 12.6. The van der Waals surface area contributed by atoms with Gasteiger partial charge < -0.3 is 4.90 Å². The quantitative estimate of drug-likeness (QED) is 0.827. The molecule has 0 aliphatic carbocycles. The summed E-state index contributed by atoms with van der Waals surface area (Å²) in [4.78, 5) is 13.6. The highest BCUT2D eigenvalue weighted by Gasteiger charge is 2.29. The van der Waals surface area contributed by atoms with Crippen molar-refractivity contribution in [2.45, 2.75) is 31.4 Å². The van der Waals surface area contributed by atoms with Gasteiger partial charge in [0.2, 0.25) is 5.91 Å². The van der Waals surface area contributed by atoms with Crippen LogP contribution >= 0.6 is 28.6 Å². The third kappa shape index (κ3) is 2.68. The van der Waals surface area contributed by atoms with Gasteiger partial charge in [-0.2, -0.15) is 12.6 Å². The van der Waals surface area contributed by atoms with Crippen LogP contribution in [-0.4, -0.2) is 17.7 Å². The van der Waals surface area contributed by atoms with Gasteiger partial charge in [-0.15, -0.1) is 0 Å². The van der Waals surface area contributed by atoms with Crippen molar-refractivity contribution in [2.75, 3.05) is 11.4 Å². The molecule has 1 aromatic carbocycles. The first kappa shape index (κ1) is 13.0. The second-order valence-electron chi connectivity index (χ2n) is 4.73. The molecule has 17 heavy (non-hydrogen) atoms. The summed E-state index contributed by atoms with van der Waals surface area (Å²) in [5.41, 5.74) is 2.23. The number of benzene rings is 1. The van der Waals surface area contributed by atoms with E-state index in [1.807, 2.05) is 11.0 Å². The third-order valence-corrected chi connectivity index (χ3v) is 4.01. The van der Waals surface area contributed by atoms with Crippen LogP contribution in [0.3, 0.4) is 0 Å².